The van der Waals surface area contributed by atoms with E-state index in [1.54, 1.807) is 6.07 Å². The lowest BCUT2D eigenvalue weighted by molar-refractivity contribution is -0.920. The summed E-state index contributed by atoms with van der Waals surface area (Å²) in [5, 5.41) is 9.22. The quantitative estimate of drug-likeness (QED) is 0.771. The minimum absolute atomic E-state index is 0.139. The van der Waals surface area contributed by atoms with Crippen LogP contribution >= 0.6 is 0 Å². The maximum atomic E-state index is 11.9. The Morgan fingerprint density at radius 3 is 3.06 bits per heavy atom. The third kappa shape index (κ3) is 1.89. The van der Waals surface area contributed by atoms with Gasteiger partial charge in [0.1, 0.15) is 6.54 Å². The number of nitrogens with zero attached hydrogens (tertiary/aromatic N) is 2. The molecule has 0 radical (unpaired) electrons. The number of piperidine rings is 1. The molecule has 98 valence electrons. The van der Waals surface area contributed by atoms with Crippen LogP contribution < -0.4 is 5.56 Å². The van der Waals surface area contributed by atoms with Gasteiger partial charge in [0.2, 0.25) is 0 Å². The minimum atomic E-state index is 0.139. The van der Waals surface area contributed by atoms with Crippen molar-refractivity contribution in [3.05, 3.63) is 34.2 Å². The van der Waals surface area contributed by atoms with Gasteiger partial charge in [0.05, 0.1) is 26.7 Å². The van der Waals surface area contributed by atoms with E-state index in [4.69, 9.17) is 0 Å². The molecule has 18 heavy (non-hydrogen) atoms. The number of fused-ring (bicyclic) bond motifs is 4. The van der Waals surface area contributed by atoms with Crippen molar-refractivity contribution in [2.45, 2.75) is 18.9 Å². The van der Waals surface area contributed by atoms with Gasteiger partial charge in [-0.2, -0.15) is 0 Å². The molecule has 1 aromatic heterocycles. The summed E-state index contributed by atoms with van der Waals surface area (Å²) in [6.45, 7) is 4.05. The summed E-state index contributed by atoms with van der Waals surface area (Å²) < 4.78 is 2.90. The van der Waals surface area contributed by atoms with E-state index in [0.717, 1.165) is 30.7 Å². The van der Waals surface area contributed by atoms with Gasteiger partial charge in [0.25, 0.3) is 5.56 Å². The Morgan fingerprint density at radius 1 is 1.44 bits per heavy atom. The van der Waals surface area contributed by atoms with Crippen LogP contribution in [-0.2, 0) is 6.54 Å². The average molecular weight is 249 g/mol. The fourth-order valence-electron chi connectivity index (χ4n) is 3.90. The first-order chi connectivity index (χ1) is 8.61. The van der Waals surface area contributed by atoms with E-state index < -0.39 is 0 Å². The second kappa shape index (κ2) is 4.21. The number of hydrogen-bond acceptors (Lipinski definition) is 2. The second-order valence-corrected chi connectivity index (χ2v) is 6.13. The number of aliphatic hydroxyl groups is 1. The van der Waals surface area contributed by atoms with Crippen molar-refractivity contribution in [2.24, 2.45) is 5.92 Å². The van der Waals surface area contributed by atoms with E-state index >= 15 is 0 Å². The Labute approximate surface area is 107 Å². The molecule has 1 aromatic rings. The van der Waals surface area contributed by atoms with Gasteiger partial charge in [-0.25, -0.2) is 0 Å². The molecule has 0 amide bonds. The van der Waals surface area contributed by atoms with E-state index in [2.05, 4.69) is 13.1 Å². The van der Waals surface area contributed by atoms with Crippen LogP contribution in [0, 0.1) is 5.92 Å². The zero-order valence-electron chi connectivity index (χ0n) is 10.9. The molecule has 1 N–H and O–H groups in total. The van der Waals surface area contributed by atoms with Crippen LogP contribution in [0.2, 0.25) is 0 Å². The average Bonchev–Trinajstić information content (AvgIpc) is 2.30. The number of pyridine rings is 1. The van der Waals surface area contributed by atoms with Gasteiger partial charge in [0.15, 0.2) is 0 Å². The fourth-order valence-corrected chi connectivity index (χ4v) is 3.90. The van der Waals surface area contributed by atoms with Crippen molar-refractivity contribution < 1.29 is 9.59 Å². The van der Waals surface area contributed by atoms with Gasteiger partial charge in [-0.3, -0.25) is 4.79 Å². The van der Waals surface area contributed by atoms with Crippen molar-refractivity contribution in [1.82, 2.24) is 4.57 Å². The third-order valence-corrected chi connectivity index (χ3v) is 4.56. The molecule has 1 saturated heterocycles. The van der Waals surface area contributed by atoms with Crippen LogP contribution in [0.1, 0.15) is 18.0 Å². The molecule has 0 aromatic carbocycles. The summed E-state index contributed by atoms with van der Waals surface area (Å²) in [4.78, 5) is 11.9. The Morgan fingerprint density at radius 2 is 2.28 bits per heavy atom. The molecule has 3 atom stereocenters. The first-order valence-corrected chi connectivity index (χ1v) is 6.75. The Kier molecular flexibility index (Phi) is 2.79. The van der Waals surface area contributed by atoms with E-state index in [-0.39, 0.29) is 12.2 Å². The molecule has 4 nitrogen and oxygen atoms in total. The topological polar surface area (TPSA) is 42.2 Å². The SMILES string of the molecule is C[N@+]1(CCO)C[C@@H]2C[C@H](C1)c1cccc(=O)n1C2. The van der Waals surface area contributed by atoms with Gasteiger partial charge < -0.3 is 14.2 Å². The van der Waals surface area contributed by atoms with Crippen molar-refractivity contribution in [3.63, 3.8) is 0 Å². The first kappa shape index (κ1) is 11.9. The fraction of sp³-hybridized carbons (Fsp3) is 0.643. The zero-order chi connectivity index (χ0) is 12.8. The molecule has 2 aliphatic rings. The summed E-state index contributed by atoms with van der Waals surface area (Å²) in [5.74, 6) is 1.05. The van der Waals surface area contributed by atoms with Gasteiger partial charge >= 0.3 is 0 Å². The highest BCUT2D eigenvalue weighted by atomic mass is 16.3. The number of aliphatic hydroxyl groups excluding tert-OH is 1. The number of quaternary nitrogens is 1. The lowest BCUT2D eigenvalue weighted by Gasteiger charge is -2.47. The lowest BCUT2D eigenvalue weighted by atomic mass is 9.82. The van der Waals surface area contributed by atoms with Crippen molar-refractivity contribution >= 4 is 0 Å². The Hall–Kier alpha value is -1.13. The molecule has 3 heterocycles. The molecule has 3 rings (SSSR count). The van der Waals surface area contributed by atoms with Gasteiger partial charge in [-0.1, -0.05) is 6.07 Å². The van der Waals surface area contributed by atoms with E-state index in [9.17, 15) is 9.90 Å². The maximum absolute atomic E-state index is 11.9. The van der Waals surface area contributed by atoms with Crippen LogP contribution in [0.5, 0.6) is 0 Å². The van der Waals surface area contributed by atoms with Crippen LogP contribution in [0.25, 0.3) is 0 Å². The molecule has 0 spiro atoms. The lowest BCUT2D eigenvalue weighted by Crippen LogP contribution is -2.57. The highest BCUT2D eigenvalue weighted by Gasteiger charge is 2.41. The predicted octanol–water partition coefficient (Wildman–Crippen LogP) is 0.404. The van der Waals surface area contributed by atoms with Crippen LogP contribution in [-0.4, -0.2) is 47.4 Å². The molecule has 0 unspecified atom stereocenters. The molecule has 0 saturated carbocycles. The van der Waals surface area contributed by atoms with Gasteiger partial charge in [0, 0.05) is 30.1 Å². The van der Waals surface area contributed by atoms with Crippen molar-refractivity contribution in [3.8, 4) is 0 Å². The Bertz CT molecular complexity index is 511. The summed E-state index contributed by atoms with van der Waals surface area (Å²) in [6, 6.07) is 5.63. The smallest absolute Gasteiger partial charge is 0.250 e. The highest BCUT2D eigenvalue weighted by Crippen LogP contribution is 2.37. The van der Waals surface area contributed by atoms with Gasteiger partial charge in [-0.15, -0.1) is 0 Å². The number of rotatable bonds is 2. The summed E-state index contributed by atoms with van der Waals surface area (Å²) in [7, 11) is 2.23. The molecular formula is C14H21N2O2+. The number of hydrogen-bond donors (Lipinski definition) is 1. The largest absolute Gasteiger partial charge is 0.391 e. The summed E-state index contributed by atoms with van der Waals surface area (Å²) in [5.41, 5.74) is 1.33. The zero-order valence-corrected chi connectivity index (χ0v) is 10.9. The normalized spacial score (nSPS) is 34.1. The molecule has 0 aliphatic carbocycles. The number of likely N-dealkylation sites (N-methyl/N-ethyl adjacent to an activating group) is 1. The maximum Gasteiger partial charge on any atom is 0.250 e. The summed E-state index contributed by atoms with van der Waals surface area (Å²) >= 11 is 0. The first-order valence-electron chi connectivity index (χ1n) is 6.75. The monoisotopic (exact) mass is 249 g/mol. The molecule has 2 aliphatic heterocycles. The molecule has 4 heteroatoms. The molecular weight excluding hydrogens is 228 g/mol. The standard InChI is InChI=1S/C14H21N2O2/c1-16(5-6-17)9-11-7-12(10-16)13-3-2-4-14(18)15(13)8-11/h2-4,11-12,17H,5-10H2,1H3/q+1/t11-,12-,16+/m1/s1. The Balaban J connectivity index is 1.97. The predicted molar refractivity (Wildman–Crippen MR) is 69.4 cm³/mol. The second-order valence-electron chi connectivity index (χ2n) is 6.13. The van der Waals surface area contributed by atoms with E-state index in [1.165, 1.54) is 12.1 Å². The van der Waals surface area contributed by atoms with Crippen molar-refractivity contribution in [2.75, 3.05) is 33.3 Å². The molecule has 2 bridgehead atoms. The summed E-state index contributed by atoms with van der Waals surface area (Å²) in [6.07, 6.45) is 1.20. The van der Waals surface area contributed by atoms with Crippen LogP contribution in [0.4, 0.5) is 0 Å². The number of aromatic nitrogens is 1. The third-order valence-electron chi connectivity index (χ3n) is 4.56. The van der Waals surface area contributed by atoms with Crippen molar-refractivity contribution in [1.29, 1.82) is 0 Å². The molecule has 1 fully saturated rings. The minimum Gasteiger partial charge on any atom is -0.391 e. The highest BCUT2D eigenvalue weighted by molar-refractivity contribution is 5.15. The van der Waals surface area contributed by atoms with E-state index in [1.807, 2.05) is 10.6 Å². The number of likely N-dealkylation sites (tertiary alicyclic amines) is 1. The van der Waals surface area contributed by atoms with Gasteiger partial charge in [-0.05, 0) is 12.5 Å². The van der Waals surface area contributed by atoms with E-state index in [0.29, 0.717) is 11.8 Å². The van der Waals surface area contributed by atoms with Crippen LogP contribution in [0.3, 0.4) is 0 Å². The van der Waals surface area contributed by atoms with Crippen LogP contribution in [0.15, 0.2) is 23.0 Å².